The molecule has 2 rings (SSSR count). The summed E-state index contributed by atoms with van der Waals surface area (Å²) in [4.78, 5) is 24.3. The summed E-state index contributed by atoms with van der Waals surface area (Å²) in [5.41, 5.74) is 11.0. The number of hydrogen-bond donors (Lipinski definition) is 5. The molecule has 86 valence electrons. The molecular weight excluding hydrogens is 212 g/mol. The summed E-state index contributed by atoms with van der Waals surface area (Å²) in [6, 6.07) is -0.699. The molecule has 0 aliphatic rings. The Kier molecular flexibility index (Phi) is 2.37. The molecule has 2 aromatic heterocycles. The minimum absolute atomic E-state index is 0.0128. The van der Waals surface area contributed by atoms with Crippen molar-refractivity contribution in [3.63, 3.8) is 0 Å². The molecule has 0 bridgehead atoms. The van der Waals surface area contributed by atoms with E-state index in [2.05, 4.69) is 19.9 Å². The fraction of sp³-hybridized carbons (Fsp3) is 0.375. The van der Waals surface area contributed by atoms with Crippen LogP contribution in [-0.2, 0) is 0 Å². The van der Waals surface area contributed by atoms with Crippen LogP contribution in [0.1, 0.15) is 18.8 Å². The van der Waals surface area contributed by atoms with E-state index in [1.807, 2.05) is 0 Å². The number of aromatic nitrogens is 4. The summed E-state index contributed by atoms with van der Waals surface area (Å²) in [6.07, 6.45) is -0.781. The summed E-state index contributed by atoms with van der Waals surface area (Å²) < 4.78 is 0. The highest BCUT2D eigenvalue weighted by atomic mass is 16.3. The highest BCUT2D eigenvalue weighted by molar-refractivity contribution is 5.70. The lowest BCUT2D eigenvalue weighted by Gasteiger charge is -2.10. The fourth-order valence-corrected chi connectivity index (χ4v) is 1.33. The van der Waals surface area contributed by atoms with Gasteiger partial charge in [-0.25, -0.2) is 4.98 Å². The van der Waals surface area contributed by atoms with Crippen LogP contribution in [0.5, 0.6) is 0 Å². The third-order valence-electron chi connectivity index (χ3n) is 2.23. The molecule has 2 unspecified atom stereocenters. The van der Waals surface area contributed by atoms with E-state index in [9.17, 15) is 9.90 Å². The first-order valence-corrected chi connectivity index (χ1v) is 4.68. The maximum Gasteiger partial charge on any atom is 0.278 e. The van der Waals surface area contributed by atoms with Gasteiger partial charge in [0.2, 0.25) is 5.95 Å². The van der Waals surface area contributed by atoms with Crippen LogP contribution in [-0.4, -0.2) is 31.1 Å². The van der Waals surface area contributed by atoms with Gasteiger partial charge in [-0.1, -0.05) is 0 Å². The van der Waals surface area contributed by atoms with Crippen molar-refractivity contribution in [2.24, 2.45) is 5.73 Å². The largest absolute Gasteiger partial charge is 0.391 e. The number of anilines is 1. The van der Waals surface area contributed by atoms with Gasteiger partial charge >= 0.3 is 0 Å². The Hall–Kier alpha value is -1.93. The van der Waals surface area contributed by atoms with Crippen molar-refractivity contribution in [2.75, 3.05) is 5.73 Å². The molecule has 0 fully saturated rings. The van der Waals surface area contributed by atoms with Gasteiger partial charge in [0.15, 0.2) is 11.2 Å². The van der Waals surface area contributed by atoms with Gasteiger partial charge in [0.1, 0.15) is 5.82 Å². The number of nitrogens with zero attached hydrogens (tertiary/aromatic N) is 2. The quantitative estimate of drug-likeness (QED) is 0.424. The Morgan fingerprint density at radius 3 is 2.69 bits per heavy atom. The molecule has 2 atom stereocenters. The molecule has 0 saturated heterocycles. The van der Waals surface area contributed by atoms with E-state index in [4.69, 9.17) is 11.5 Å². The predicted octanol–water partition coefficient (Wildman–Crippen LogP) is -1.39. The van der Waals surface area contributed by atoms with Crippen LogP contribution in [0.3, 0.4) is 0 Å². The highest BCUT2D eigenvalue weighted by Gasteiger charge is 2.18. The Labute approximate surface area is 89.7 Å². The van der Waals surface area contributed by atoms with Crippen molar-refractivity contribution in [3.8, 4) is 0 Å². The predicted molar refractivity (Wildman–Crippen MR) is 57.5 cm³/mol. The lowest BCUT2D eigenvalue weighted by molar-refractivity contribution is 0.161. The number of hydrogen-bond acceptors (Lipinski definition) is 6. The monoisotopic (exact) mass is 224 g/mol. The molecule has 8 heteroatoms. The van der Waals surface area contributed by atoms with E-state index in [0.717, 1.165) is 0 Å². The van der Waals surface area contributed by atoms with Gasteiger partial charge in [-0.3, -0.25) is 9.78 Å². The van der Waals surface area contributed by atoms with Crippen molar-refractivity contribution in [3.05, 3.63) is 16.2 Å². The number of nitrogen functional groups attached to an aromatic ring is 1. The van der Waals surface area contributed by atoms with Crippen LogP contribution in [0.2, 0.25) is 0 Å². The molecule has 0 saturated carbocycles. The Morgan fingerprint density at radius 1 is 1.38 bits per heavy atom. The van der Waals surface area contributed by atoms with E-state index in [1.165, 1.54) is 6.92 Å². The van der Waals surface area contributed by atoms with Crippen LogP contribution < -0.4 is 17.0 Å². The number of aliphatic hydroxyl groups excluding tert-OH is 1. The van der Waals surface area contributed by atoms with E-state index < -0.39 is 17.7 Å². The average Bonchev–Trinajstić information content (AvgIpc) is 2.60. The Morgan fingerprint density at radius 2 is 2.06 bits per heavy atom. The van der Waals surface area contributed by atoms with Gasteiger partial charge in [-0.15, -0.1) is 0 Å². The average molecular weight is 224 g/mol. The van der Waals surface area contributed by atoms with Crippen LogP contribution in [0, 0.1) is 0 Å². The maximum atomic E-state index is 11.5. The lowest BCUT2D eigenvalue weighted by atomic mass is 10.2. The second-order valence-electron chi connectivity index (χ2n) is 3.54. The molecule has 2 heterocycles. The normalized spacial score (nSPS) is 15.2. The zero-order valence-electron chi connectivity index (χ0n) is 8.56. The fourth-order valence-electron chi connectivity index (χ4n) is 1.33. The second-order valence-corrected chi connectivity index (χ2v) is 3.54. The number of rotatable bonds is 2. The number of nitrogens with two attached hydrogens (primary N) is 2. The molecule has 0 aromatic carbocycles. The van der Waals surface area contributed by atoms with Crippen LogP contribution >= 0.6 is 0 Å². The molecule has 0 aliphatic carbocycles. The van der Waals surface area contributed by atoms with E-state index in [1.54, 1.807) is 0 Å². The first kappa shape index (κ1) is 10.6. The molecule has 0 aliphatic heterocycles. The lowest BCUT2D eigenvalue weighted by Crippen LogP contribution is -2.24. The molecule has 7 N–H and O–H groups in total. The van der Waals surface area contributed by atoms with E-state index >= 15 is 0 Å². The van der Waals surface area contributed by atoms with Crippen molar-refractivity contribution >= 4 is 17.1 Å². The van der Waals surface area contributed by atoms with Crippen molar-refractivity contribution in [1.82, 2.24) is 19.9 Å². The topological polar surface area (TPSA) is 147 Å². The highest BCUT2D eigenvalue weighted by Crippen LogP contribution is 2.13. The Bertz CT molecular complexity index is 571. The zero-order valence-corrected chi connectivity index (χ0v) is 8.56. The summed E-state index contributed by atoms with van der Waals surface area (Å²) in [6.45, 7) is 1.53. The van der Waals surface area contributed by atoms with Gasteiger partial charge in [0, 0.05) is 0 Å². The number of H-pyrrole nitrogens is 2. The number of imidazole rings is 1. The first-order chi connectivity index (χ1) is 7.49. The van der Waals surface area contributed by atoms with Gasteiger partial charge in [-0.05, 0) is 6.92 Å². The molecule has 16 heavy (non-hydrogen) atoms. The van der Waals surface area contributed by atoms with Crippen molar-refractivity contribution < 1.29 is 5.11 Å². The van der Waals surface area contributed by atoms with E-state index in [-0.39, 0.29) is 17.1 Å². The van der Waals surface area contributed by atoms with Gasteiger partial charge < -0.3 is 21.6 Å². The third-order valence-corrected chi connectivity index (χ3v) is 2.23. The molecule has 0 amide bonds. The molecular formula is C8H12N6O2. The van der Waals surface area contributed by atoms with Crippen molar-refractivity contribution in [2.45, 2.75) is 19.1 Å². The maximum absolute atomic E-state index is 11.5. The molecule has 8 nitrogen and oxygen atoms in total. The second kappa shape index (κ2) is 3.58. The molecule has 0 radical (unpaired) electrons. The number of aliphatic hydroxyl groups is 1. The standard InChI is InChI=1S/C8H12N6O2/c1-2(15)3(9)5-11-4-6(12-5)13-8(10)14-7(4)16/h2-3,15H,9H2,1H3,(H4,10,11,12,13,14,16). The smallest absolute Gasteiger partial charge is 0.278 e. The summed E-state index contributed by atoms with van der Waals surface area (Å²) >= 11 is 0. The van der Waals surface area contributed by atoms with Crippen LogP contribution in [0.25, 0.3) is 11.2 Å². The minimum atomic E-state index is -0.781. The van der Waals surface area contributed by atoms with Crippen LogP contribution in [0.4, 0.5) is 5.95 Å². The number of nitrogens with one attached hydrogen (secondary N) is 2. The zero-order chi connectivity index (χ0) is 11.9. The SMILES string of the molecule is CC(O)C(N)c1nc2nc(N)[nH]c(=O)c2[nH]1. The van der Waals surface area contributed by atoms with Gasteiger partial charge in [0.25, 0.3) is 5.56 Å². The first-order valence-electron chi connectivity index (χ1n) is 4.68. The van der Waals surface area contributed by atoms with Crippen molar-refractivity contribution in [1.29, 1.82) is 0 Å². The molecule has 0 spiro atoms. The summed E-state index contributed by atoms with van der Waals surface area (Å²) in [5, 5.41) is 9.31. The minimum Gasteiger partial charge on any atom is -0.391 e. The number of aromatic amines is 2. The number of fused-ring (bicyclic) bond motifs is 1. The third kappa shape index (κ3) is 1.64. The summed E-state index contributed by atoms with van der Waals surface area (Å²) in [5.74, 6) is 0.287. The van der Waals surface area contributed by atoms with E-state index in [0.29, 0.717) is 5.82 Å². The van der Waals surface area contributed by atoms with Gasteiger partial charge in [-0.2, -0.15) is 4.98 Å². The van der Waals surface area contributed by atoms with Gasteiger partial charge in [0.05, 0.1) is 12.1 Å². The van der Waals surface area contributed by atoms with Crippen LogP contribution in [0.15, 0.2) is 4.79 Å². The Balaban J connectivity index is 2.60. The molecule has 2 aromatic rings. The summed E-state index contributed by atoms with van der Waals surface area (Å²) in [7, 11) is 0.